The van der Waals surface area contributed by atoms with Gasteiger partial charge in [-0.15, -0.1) is 0 Å². The maximum absolute atomic E-state index is 13.3. The fourth-order valence-electron chi connectivity index (χ4n) is 3.92. The maximum Gasteiger partial charge on any atom is 0.265 e. The minimum absolute atomic E-state index is 0.0667. The molecule has 2 aromatic carbocycles. The lowest BCUT2D eigenvalue weighted by Crippen LogP contribution is -2.37. The molecule has 2 aliphatic rings. The van der Waals surface area contributed by atoms with E-state index in [1.807, 2.05) is 36.4 Å². The lowest BCUT2D eigenvalue weighted by Gasteiger charge is -2.26. The van der Waals surface area contributed by atoms with Gasteiger partial charge in [0, 0.05) is 23.7 Å². The van der Waals surface area contributed by atoms with Crippen LogP contribution < -0.4 is 4.90 Å². The third kappa shape index (κ3) is 3.64. The Kier molecular flexibility index (Phi) is 5.37. The summed E-state index contributed by atoms with van der Waals surface area (Å²) in [5.74, 6) is -0.665. The minimum atomic E-state index is -0.348. The Bertz CT molecular complexity index is 1030. The Morgan fingerprint density at radius 3 is 2.41 bits per heavy atom. The first-order valence-electron chi connectivity index (χ1n) is 9.69. The number of hydrogen-bond acceptors (Lipinski definition) is 3. The van der Waals surface area contributed by atoms with Gasteiger partial charge >= 0.3 is 0 Å². The lowest BCUT2D eigenvalue weighted by atomic mass is 10.00. The molecule has 1 fully saturated rings. The van der Waals surface area contributed by atoms with Crippen LogP contribution in [0.4, 0.5) is 5.69 Å². The number of para-hydroxylation sites is 1. The van der Waals surface area contributed by atoms with Gasteiger partial charge in [0.1, 0.15) is 11.6 Å². The first-order valence-corrected chi connectivity index (χ1v) is 10.1. The van der Waals surface area contributed by atoms with E-state index in [0.29, 0.717) is 35.9 Å². The number of fused-ring (bicyclic) bond motifs is 1. The summed E-state index contributed by atoms with van der Waals surface area (Å²) in [7, 11) is 0. The van der Waals surface area contributed by atoms with Crippen molar-refractivity contribution in [3.8, 4) is 6.07 Å². The Labute approximate surface area is 174 Å². The molecule has 0 aromatic heterocycles. The molecule has 1 saturated heterocycles. The maximum atomic E-state index is 13.3. The highest BCUT2D eigenvalue weighted by Gasteiger charge is 2.37. The largest absolute Gasteiger partial charge is 0.338 e. The molecule has 4 rings (SSSR count). The SMILES string of the molecule is N#CC(C(=O)N1CCCCC1)=C1C(=O)N(Cc2ccc(Cl)cc2)c2ccccc21. The van der Waals surface area contributed by atoms with Crippen LogP contribution in [-0.4, -0.2) is 29.8 Å². The second-order valence-corrected chi connectivity index (χ2v) is 7.69. The van der Waals surface area contributed by atoms with Gasteiger partial charge in [-0.3, -0.25) is 9.59 Å². The summed E-state index contributed by atoms with van der Waals surface area (Å²) < 4.78 is 0. The van der Waals surface area contributed by atoms with Gasteiger partial charge in [0.05, 0.1) is 17.8 Å². The molecule has 0 saturated carbocycles. The average Bonchev–Trinajstić information content (AvgIpc) is 3.03. The molecule has 6 heteroatoms. The number of nitrogens with zero attached hydrogens (tertiary/aromatic N) is 3. The molecule has 2 amide bonds. The van der Waals surface area contributed by atoms with Crippen molar-refractivity contribution in [2.75, 3.05) is 18.0 Å². The molecule has 0 atom stereocenters. The number of nitriles is 1. The molecule has 29 heavy (non-hydrogen) atoms. The average molecular weight is 406 g/mol. The highest BCUT2D eigenvalue weighted by Crippen LogP contribution is 2.39. The molecular weight excluding hydrogens is 386 g/mol. The second kappa shape index (κ2) is 8.10. The number of carbonyl (C=O) groups is 2. The number of halogens is 1. The van der Waals surface area contributed by atoms with Crippen LogP contribution in [0.3, 0.4) is 0 Å². The number of piperidine rings is 1. The number of carbonyl (C=O) groups excluding carboxylic acids is 2. The van der Waals surface area contributed by atoms with Crippen molar-refractivity contribution in [1.82, 2.24) is 4.90 Å². The van der Waals surface area contributed by atoms with Crippen molar-refractivity contribution >= 4 is 34.7 Å². The van der Waals surface area contributed by atoms with E-state index in [0.717, 1.165) is 24.8 Å². The fraction of sp³-hybridized carbons (Fsp3) is 0.261. The van der Waals surface area contributed by atoms with E-state index < -0.39 is 0 Å². The lowest BCUT2D eigenvalue weighted by molar-refractivity contribution is -0.127. The number of amides is 2. The Morgan fingerprint density at radius 2 is 1.72 bits per heavy atom. The standard InChI is InChI=1S/C23H20ClN3O2/c24-17-10-8-16(9-11-17)15-27-20-7-3-2-6-18(20)21(23(27)29)19(14-25)22(28)26-12-4-1-5-13-26/h2-3,6-11H,1,4-5,12-13,15H2. The van der Waals surface area contributed by atoms with Gasteiger partial charge in [0.2, 0.25) is 0 Å². The normalized spacial score (nSPS) is 17.7. The Balaban J connectivity index is 1.74. The van der Waals surface area contributed by atoms with E-state index in [-0.39, 0.29) is 23.0 Å². The molecule has 146 valence electrons. The summed E-state index contributed by atoms with van der Waals surface area (Å²) in [6.07, 6.45) is 2.93. The quantitative estimate of drug-likeness (QED) is 0.568. The molecule has 2 aliphatic heterocycles. The first kappa shape index (κ1) is 19.2. The Hall–Kier alpha value is -3.10. The summed E-state index contributed by atoms with van der Waals surface area (Å²) >= 11 is 5.96. The zero-order chi connectivity index (χ0) is 20.4. The van der Waals surface area contributed by atoms with Crippen molar-refractivity contribution in [3.63, 3.8) is 0 Å². The van der Waals surface area contributed by atoms with E-state index >= 15 is 0 Å². The summed E-state index contributed by atoms with van der Waals surface area (Å²) in [5, 5.41) is 10.4. The highest BCUT2D eigenvalue weighted by molar-refractivity contribution is 6.37. The predicted octanol–water partition coefficient (Wildman–Crippen LogP) is 4.18. The van der Waals surface area contributed by atoms with Crippen LogP contribution >= 0.6 is 11.6 Å². The molecule has 0 N–H and O–H groups in total. The van der Waals surface area contributed by atoms with Gasteiger partial charge in [-0.1, -0.05) is 41.9 Å². The molecule has 2 aromatic rings. The van der Waals surface area contributed by atoms with Crippen LogP contribution in [-0.2, 0) is 16.1 Å². The van der Waals surface area contributed by atoms with Crippen molar-refractivity contribution in [2.24, 2.45) is 0 Å². The van der Waals surface area contributed by atoms with Crippen molar-refractivity contribution in [3.05, 3.63) is 70.3 Å². The molecule has 0 bridgehead atoms. The summed E-state index contributed by atoms with van der Waals surface area (Å²) in [5.41, 5.74) is 2.39. The molecule has 2 heterocycles. The third-order valence-corrected chi connectivity index (χ3v) is 5.65. The summed E-state index contributed by atoms with van der Waals surface area (Å²) in [4.78, 5) is 29.7. The molecular formula is C23H20ClN3O2. The van der Waals surface area contributed by atoms with Gasteiger partial charge in [-0.05, 0) is 43.0 Å². The van der Waals surface area contributed by atoms with Crippen LogP contribution in [0, 0.1) is 11.3 Å². The number of rotatable bonds is 3. The number of anilines is 1. The zero-order valence-electron chi connectivity index (χ0n) is 15.9. The van der Waals surface area contributed by atoms with E-state index in [2.05, 4.69) is 0 Å². The van der Waals surface area contributed by atoms with E-state index in [9.17, 15) is 14.9 Å². The van der Waals surface area contributed by atoms with Crippen LogP contribution in [0.2, 0.25) is 5.02 Å². The Morgan fingerprint density at radius 1 is 1.03 bits per heavy atom. The topological polar surface area (TPSA) is 64.4 Å². The molecule has 0 spiro atoms. The van der Waals surface area contributed by atoms with Gasteiger partial charge < -0.3 is 9.80 Å². The van der Waals surface area contributed by atoms with E-state index in [1.165, 1.54) is 0 Å². The van der Waals surface area contributed by atoms with Crippen LogP contribution in [0.5, 0.6) is 0 Å². The monoisotopic (exact) mass is 405 g/mol. The fourth-order valence-corrected chi connectivity index (χ4v) is 4.04. The first-order chi connectivity index (χ1) is 14.1. The van der Waals surface area contributed by atoms with Crippen LogP contribution in [0.15, 0.2) is 54.1 Å². The number of hydrogen-bond donors (Lipinski definition) is 0. The van der Waals surface area contributed by atoms with E-state index in [4.69, 9.17) is 11.6 Å². The summed E-state index contributed by atoms with van der Waals surface area (Å²) in [6, 6.07) is 16.6. The van der Waals surface area contributed by atoms with Gasteiger partial charge in [-0.25, -0.2) is 0 Å². The van der Waals surface area contributed by atoms with Gasteiger partial charge in [0.25, 0.3) is 11.8 Å². The van der Waals surface area contributed by atoms with E-state index in [1.54, 1.807) is 28.0 Å². The molecule has 0 aliphatic carbocycles. The molecule has 0 unspecified atom stereocenters. The minimum Gasteiger partial charge on any atom is -0.338 e. The second-order valence-electron chi connectivity index (χ2n) is 7.25. The third-order valence-electron chi connectivity index (χ3n) is 5.40. The summed E-state index contributed by atoms with van der Waals surface area (Å²) in [6.45, 7) is 1.59. The van der Waals surface area contributed by atoms with Gasteiger partial charge in [-0.2, -0.15) is 5.26 Å². The zero-order valence-corrected chi connectivity index (χ0v) is 16.7. The van der Waals surface area contributed by atoms with Crippen molar-refractivity contribution < 1.29 is 9.59 Å². The van der Waals surface area contributed by atoms with Crippen LogP contribution in [0.25, 0.3) is 5.57 Å². The number of benzene rings is 2. The molecule has 0 radical (unpaired) electrons. The van der Waals surface area contributed by atoms with Gasteiger partial charge in [0.15, 0.2) is 0 Å². The molecule has 5 nitrogen and oxygen atoms in total. The highest BCUT2D eigenvalue weighted by atomic mass is 35.5. The van der Waals surface area contributed by atoms with Crippen LogP contribution in [0.1, 0.15) is 30.4 Å². The number of likely N-dealkylation sites (tertiary alicyclic amines) is 1. The smallest absolute Gasteiger partial charge is 0.265 e. The van der Waals surface area contributed by atoms with Crippen molar-refractivity contribution in [2.45, 2.75) is 25.8 Å². The van der Waals surface area contributed by atoms with Crippen molar-refractivity contribution in [1.29, 1.82) is 5.26 Å². The predicted molar refractivity (Wildman–Crippen MR) is 112 cm³/mol.